The summed E-state index contributed by atoms with van der Waals surface area (Å²) in [6.45, 7) is 2.44. The SMILES string of the molecule is CNCC1CCN(C(=O)COc2cccc(NC(=O)c3ccco3)c2)C1.Cl. The van der Waals surface area contributed by atoms with Gasteiger partial charge in [-0.2, -0.15) is 0 Å². The smallest absolute Gasteiger partial charge is 0.291 e. The zero-order valence-corrected chi connectivity index (χ0v) is 16.0. The molecule has 2 N–H and O–H groups in total. The fourth-order valence-corrected chi connectivity index (χ4v) is 3.01. The van der Waals surface area contributed by atoms with Gasteiger partial charge in [0, 0.05) is 24.8 Å². The van der Waals surface area contributed by atoms with E-state index in [-0.39, 0.29) is 36.6 Å². The maximum absolute atomic E-state index is 12.3. The van der Waals surface area contributed by atoms with Crippen LogP contribution in [0.3, 0.4) is 0 Å². The number of carbonyl (C=O) groups excluding carboxylic acids is 2. The van der Waals surface area contributed by atoms with E-state index in [9.17, 15) is 9.59 Å². The minimum Gasteiger partial charge on any atom is -0.484 e. The Hall–Kier alpha value is -2.51. The Morgan fingerprint density at radius 1 is 1.30 bits per heavy atom. The molecule has 2 amide bonds. The summed E-state index contributed by atoms with van der Waals surface area (Å²) in [6, 6.07) is 10.2. The summed E-state index contributed by atoms with van der Waals surface area (Å²) in [7, 11) is 1.92. The number of nitrogens with one attached hydrogen (secondary N) is 2. The van der Waals surface area contributed by atoms with E-state index in [0.29, 0.717) is 17.4 Å². The van der Waals surface area contributed by atoms with Gasteiger partial charge in [0.15, 0.2) is 12.4 Å². The van der Waals surface area contributed by atoms with E-state index in [2.05, 4.69) is 10.6 Å². The van der Waals surface area contributed by atoms with Crippen LogP contribution in [-0.2, 0) is 4.79 Å². The average molecular weight is 394 g/mol. The number of hydrogen-bond donors (Lipinski definition) is 2. The van der Waals surface area contributed by atoms with Gasteiger partial charge in [0.2, 0.25) is 0 Å². The van der Waals surface area contributed by atoms with Crippen LogP contribution in [0.2, 0.25) is 0 Å². The van der Waals surface area contributed by atoms with Gasteiger partial charge in [-0.05, 0) is 50.2 Å². The summed E-state index contributed by atoms with van der Waals surface area (Å²) < 4.78 is 10.7. The first-order chi connectivity index (χ1) is 12.7. The van der Waals surface area contributed by atoms with Crippen molar-refractivity contribution in [2.75, 3.05) is 38.6 Å². The summed E-state index contributed by atoms with van der Waals surface area (Å²) in [5.74, 6) is 0.909. The highest BCUT2D eigenvalue weighted by Gasteiger charge is 2.25. The quantitative estimate of drug-likeness (QED) is 0.754. The number of carbonyl (C=O) groups is 2. The van der Waals surface area contributed by atoms with Gasteiger partial charge in [0.25, 0.3) is 11.8 Å². The van der Waals surface area contributed by atoms with Crippen molar-refractivity contribution in [3.63, 3.8) is 0 Å². The molecule has 1 aliphatic heterocycles. The van der Waals surface area contributed by atoms with Crippen LogP contribution >= 0.6 is 12.4 Å². The van der Waals surface area contributed by atoms with Gasteiger partial charge < -0.3 is 24.7 Å². The summed E-state index contributed by atoms with van der Waals surface area (Å²) in [5.41, 5.74) is 0.576. The Kier molecular flexibility index (Phi) is 7.69. The third-order valence-corrected chi connectivity index (χ3v) is 4.33. The van der Waals surface area contributed by atoms with Crippen molar-refractivity contribution in [2.45, 2.75) is 6.42 Å². The maximum Gasteiger partial charge on any atom is 0.291 e. The minimum absolute atomic E-state index is 0. The molecule has 0 saturated carbocycles. The fourth-order valence-electron chi connectivity index (χ4n) is 3.01. The molecule has 1 saturated heterocycles. The Morgan fingerprint density at radius 3 is 2.89 bits per heavy atom. The molecular formula is C19H24ClN3O4. The summed E-state index contributed by atoms with van der Waals surface area (Å²) in [4.78, 5) is 26.1. The van der Waals surface area contributed by atoms with Gasteiger partial charge >= 0.3 is 0 Å². The van der Waals surface area contributed by atoms with Crippen LogP contribution in [-0.4, -0.2) is 50.0 Å². The van der Waals surface area contributed by atoms with Crippen LogP contribution in [0.4, 0.5) is 5.69 Å². The lowest BCUT2D eigenvalue weighted by Crippen LogP contribution is -2.34. The zero-order valence-electron chi connectivity index (χ0n) is 15.1. The molecule has 2 aromatic rings. The Morgan fingerprint density at radius 2 is 2.15 bits per heavy atom. The van der Waals surface area contributed by atoms with Gasteiger partial charge in [-0.3, -0.25) is 9.59 Å². The third-order valence-electron chi connectivity index (χ3n) is 4.33. The highest BCUT2D eigenvalue weighted by molar-refractivity contribution is 6.02. The molecule has 1 aromatic carbocycles. The Labute approximate surface area is 164 Å². The van der Waals surface area contributed by atoms with E-state index in [1.54, 1.807) is 36.4 Å². The lowest BCUT2D eigenvalue weighted by molar-refractivity contribution is -0.132. The van der Waals surface area contributed by atoms with Crippen molar-refractivity contribution in [2.24, 2.45) is 5.92 Å². The number of hydrogen-bond acceptors (Lipinski definition) is 5. The molecule has 1 fully saturated rings. The first kappa shape index (κ1) is 20.8. The number of furan rings is 1. The molecule has 0 spiro atoms. The number of anilines is 1. The molecule has 7 nitrogen and oxygen atoms in total. The van der Waals surface area contributed by atoms with E-state index < -0.39 is 0 Å². The van der Waals surface area contributed by atoms with Gasteiger partial charge in [0.05, 0.1) is 6.26 Å². The van der Waals surface area contributed by atoms with Crippen LogP contribution < -0.4 is 15.4 Å². The molecule has 27 heavy (non-hydrogen) atoms. The Balaban J connectivity index is 0.00000261. The molecule has 1 aromatic heterocycles. The molecule has 1 aliphatic rings. The van der Waals surface area contributed by atoms with Crippen molar-refractivity contribution >= 4 is 29.9 Å². The van der Waals surface area contributed by atoms with Gasteiger partial charge in [-0.25, -0.2) is 0 Å². The van der Waals surface area contributed by atoms with Crippen molar-refractivity contribution in [1.82, 2.24) is 10.2 Å². The first-order valence-electron chi connectivity index (χ1n) is 8.66. The van der Waals surface area contributed by atoms with E-state index in [1.165, 1.54) is 6.26 Å². The van der Waals surface area contributed by atoms with Crippen LogP contribution in [0, 0.1) is 5.92 Å². The number of ether oxygens (including phenoxy) is 1. The molecule has 0 radical (unpaired) electrons. The predicted octanol–water partition coefficient (Wildman–Crippen LogP) is 2.40. The lowest BCUT2D eigenvalue weighted by atomic mass is 10.1. The second-order valence-corrected chi connectivity index (χ2v) is 6.30. The average Bonchev–Trinajstić information content (AvgIpc) is 3.32. The standard InChI is InChI=1S/C19H23N3O4.ClH/c1-20-11-14-7-8-22(12-14)18(23)13-26-16-5-2-4-15(10-16)21-19(24)17-6-3-9-25-17;/h2-6,9-10,14,20H,7-8,11-13H2,1H3,(H,21,24);1H. The first-order valence-corrected chi connectivity index (χ1v) is 8.66. The topological polar surface area (TPSA) is 83.8 Å². The Bertz CT molecular complexity index is 751. The van der Waals surface area contributed by atoms with E-state index in [0.717, 1.165) is 26.1 Å². The summed E-state index contributed by atoms with van der Waals surface area (Å²) >= 11 is 0. The van der Waals surface area contributed by atoms with Crippen molar-refractivity contribution in [3.05, 3.63) is 48.4 Å². The van der Waals surface area contributed by atoms with E-state index in [1.807, 2.05) is 11.9 Å². The molecule has 1 unspecified atom stereocenters. The molecule has 3 rings (SSSR count). The number of benzene rings is 1. The number of rotatable bonds is 7. The maximum atomic E-state index is 12.3. The van der Waals surface area contributed by atoms with E-state index >= 15 is 0 Å². The molecule has 2 heterocycles. The van der Waals surface area contributed by atoms with Gasteiger partial charge in [0.1, 0.15) is 5.75 Å². The summed E-state index contributed by atoms with van der Waals surface area (Å²) in [5, 5.41) is 5.88. The largest absolute Gasteiger partial charge is 0.484 e. The highest BCUT2D eigenvalue weighted by atomic mass is 35.5. The van der Waals surface area contributed by atoms with Gasteiger partial charge in [-0.15, -0.1) is 12.4 Å². The molecular weight excluding hydrogens is 370 g/mol. The van der Waals surface area contributed by atoms with Crippen LogP contribution in [0.5, 0.6) is 5.75 Å². The number of halogens is 1. The number of likely N-dealkylation sites (tertiary alicyclic amines) is 1. The van der Waals surface area contributed by atoms with E-state index in [4.69, 9.17) is 9.15 Å². The predicted molar refractivity (Wildman–Crippen MR) is 104 cm³/mol. The van der Waals surface area contributed by atoms with Crippen molar-refractivity contribution in [3.8, 4) is 5.75 Å². The minimum atomic E-state index is -0.337. The fraction of sp³-hybridized carbons (Fsp3) is 0.368. The number of nitrogens with zero attached hydrogens (tertiary/aromatic N) is 1. The van der Waals surface area contributed by atoms with Crippen molar-refractivity contribution in [1.29, 1.82) is 0 Å². The molecule has 0 aliphatic carbocycles. The van der Waals surface area contributed by atoms with Gasteiger partial charge in [-0.1, -0.05) is 6.07 Å². The van der Waals surface area contributed by atoms with Crippen molar-refractivity contribution < 1.29 is 18.7 Å². The molecule has 8 heteroatoms. The normalized spacial score (nSPS) is 15.9. The number of amides is 2. The summed E-state index contributed by atoms with van der Waals surface area (Å²) in [6.07, 6.45) is 2.46. The van der Waals surface area contributed by atoms with Crippen LogP contribution in [0.25, 0.3) is 0 Å². The van der Waals surface area contributed by atoms with Crippen LogP contribution in [0.1, 0.15) is 17.0 Å². The van der Waals surface area contributed by atoms with Crippen LogP contribution in [0.15, 0.2) is 47.1 Å². The highest BCUT2D eigenvalue weighted by Crippen LogP contribution is 2.19. The monoisotopic (exact) mass is 393 g/mol. The molecule has 1 atom stereocenters. The third kappa shape index (κ3) is 5.74. The zero-order chi connectivity index (χ0) is 18.4. The second kappa shape index (κ2) is 9.99. The molecule has 146 valence electrons. The molecule has 0 bridgehead atoms. The lowest BCUT2D eigenvalue weighted by Gasteiger charge is -2.17. The second-order valence-electron chi connectivity index (χ2n) is 6.30.